The smallest absolute Gasteiger partial charge is 0.282 e. The monoisotopic (exact) mass is 442 g/mol. The molecular weight excluding hydrogens is 429 g/mol. The topological polar surface area (TPSA) is 49.4 Å². The van der Waals surface area contributed by atoms with Crippen LogP contribution in [0.3, 0.4) is 0 Å². The Bertz CT molecular complexity index is 1260. The fourth-order valence-electron chi connectivity index (χ4n) is 3.31. The zero-order valence-corrected chi connectivity index (χ0v) is 16.8. The predicted molar refractivity (Wildman–Crippen MR) is 112 cm³/mol. The zero-order chi connectivity index (χ0) is 22.3. The molecule has 0 spiro atoms. The summed E-state index contributed by atoms with van der Waals surface area (Å²) in [5, 5.41) is 3.41. The second-order valence-corrected chi connectivity index (χ2v) is 7.32. The molecule has 1 aliphatic rings. The Kier molecular flexibility index (Phi) is 5.29. The summed E-state index contributed by atoms with van der Waals surface area (Å²) in [7, 11) is 0. The molecule has 2 amide bonds. The molecule has 1 heterocycles. The first-order valence-corrected chi connectivity index (χ1v) is 9.51. The molecule has 0 fully saturated rings. The third-order valence-corrected chi connectivity index (χ3v) is 5.05. The summed E-state index contributed by atoms with van der Waals surface area (Å²) in [6, 6.07) is 12.4. The Morgan fingerprint density at radius 3 is 2.16 bits per heavy atom. The number of nitrogens with zero attached hydrogens (tertiary/aromatic N) is 1. The summed E-state index contributed by atoms with van der Waals surface area (Å²) in [6.45, 7) is 1.75. The molecule has 156 valence electrons. The summed E-state index contributed by atoms with van der Waals surface area (Å²) in [4.78, 5) is 27.0. The average Bonchev–Trinajstić information content (AvgIpc) is 2.95. The maximum absolute atomic E-state index is 14.4. The molecular formula is C23H14ClF3N2O2. The molecule has 1 N–H and O–H groups in total. The first kappa shape index (κ1) is 20.7. The quantitative estimate of drug-likeness (QED) is 0.546. The van der Waals surface area contributed by atoms with Crippen LogP contribution < -0.4 is 10.2 Å². The van der Waals surface area contributed by atoms with Crippen molar-refractivity contribution in [1.82, 2.24) is 0 Å². The largest absolute Gasteiger partial charge is 0.350 e. The predicted octanol–water partition coefficient (Wildman–Crippen LogP) is 5.46. The molecule has 3 aromatic carbocycles. The highest BCUT2D eigenvalue weighted by Crippen LogP contribution is 2.35. The van der Waals surface area contributed by atoms with Crippen molar-refractivity contribution in [3.05, 3.63) is 100.0 Å². The van der Waals surface area contributed by atoms with Gasteiger partial charge in [-0.15, -0.1) is 0 Å². The van der Waals surface area contributed by atoms with Gasteiger partial charge in [0.25, 0.3) is 11.8 Å². The number of carbonyl (C=O) groups is 2. The minimum atomic E-state index is -1.07. The number of imide groups is 1. The van der Waals surface area contributed by atoms with E-state index in [9.17, 15) is 22.8 Å². The molecule has 0 aliphatic carbocycles. The second kappa shape index (κ2) is 7.92. The number of aryl methyl sites for hydroxylation is 1. The first-order valence-electron chi connectivity index (χ1n) is 9.13. The Hall–Kier alpha value is -3.58. The van der Waals surface area contributed by atoms with E-state index in [1.807, 2.05) is 0 Å². The molecule has 8 heteroatoms. The molecule has 3 aromatic rings. The van der Waals surface area contributed by atoms with Crippen LogP contribution in [0, 0.1) is 24.4 Å². The van der Waals surface area contributed by atoms with Crippen molar-refractivity contribution in [1.29, 1.82) is 0 Å². The van der Waals surface area contributed by atoms with Gasteiger partial charge in [0.1, 0.15) is 23.1 Å². The van der Waals surface area contributed by atoms with Gasteiger partial charge in [-0.1, -0.05) is 23.7 Å². The van der Waals surface area contributed by atoms with E-state index in [-0.39, 0.29) is 22.5 Å². The number of anilines is 2. The Labute approximate surface area is 180 Å². The third-order valence-electron chi connectivity index (χ3n) is 4.82. The minimum Gasteiger partial charge on any atom is -0.350 e. The lowest BCUT2D eigenvalue weighted by Crippen LogP contribution is -2.33. The third kappa shape index (κ3) is 3.80. The van der Waals surface area contributed by atoms with Crippen LogP contribution >= 0.6 is 11.6 Å². The molecule has 0 radical (unpaired) electrons. The van der Waals surface area contributed by atoms with E-state index in [4.69, 9.17) is 11.6 Å². The Balaban J connectivity index is 1.85. The zero-order valence-electron chi connectivity index (χ0n) is 16.0. The Morgan fingerprint density at radius 2 is 1.52 bits per heavy atom. The SMILES string of the molecule is Cc1cc(Cl)ccc1NC1=C(c2ccc(F)cc2)C(=O)N(c2ccc(F)cc2F)C1=O. The van der Waals surface area contributed by atoms with Gasteiger partial charge in [0, 0.05) is 16.8 Å². The second-order valence-electron chi connectivity index (χ2n) is 6.88. The van der Waals surface area contributed by atoms with Crippen molar-refractivity contribution in [2.24, 2.45) is 0 Å². The van der Waals surface area contributed by atoms with Crippen LogP contribution in [0.25, 0.3) is 5.57 Å². The number of carbonyl (C=O) groups excluding carboxylic acids is 2. The normalized spacial score (nSPS) is 13.9. The number of halogens is 4. The number of nitrogens with one attached hydrogen (secondary N) is 1. The van der Waals surface area contributed by atoms with Crippen LogP contribution in [0.5, 0.6) is 0 Å². The van der Waals surface area contributed by atoms with Gasteiger partial charge in [-0.05, 0) is 60.5 Å². The van der Waals surface area contributed by atoms with Crippen LogP contribution in [0.4, 0.5) is 24.5 Å². The number of amides is 2. The van der Waals surface area contributed by atoms with Crippen LogP contribution in [0.1, 0.15) is 11.1 Å². The van der Waals surface area contributed by atoms with Gasteiger partial charge >= 0.3 is 0 Å². The summed E-state index contributed by atoms with van der Waals surface area (Å²) in [5.41, 5.74) is 0.889. The lowest BCUT2D eigenvalue weighted by molar-refractivity contribution is -0.120. The van der Waals surface area contributed by atoms with Crippen LogP contribution in [0.2, 0.25) is 5.02 Å². The Morgan fingerprint density at radius 1 is 0.839 bits per heavy atom. The fraction of sp³-hybridized carbons (Fsp3) is 0.0435. The molecule has 4 rings (SSSR count). The van der Waals surface area contributed by atoms with Crippen molar-refractivity contribution in [3.8, 4) is 0 Å². The number of benzene rings is 3. The van der Waals surface area contributed by atoms with Crippen molar-refractivity contribution >= 4 is 40.4 Å². The maximum atomic E-state index is 14.4. The molecule has 0 atom stereocenters. The van der Waals surface area contributed by atoms with Crippen molar-refractivity contribution < 1.29 is 22.8 Å². The van der Waals surface area contributed by atoms with Gasteiger partial charge in [0.15, 0.2) is 0 Å². The van der Waals surface area contributed by atoms with Crippen LogP contribution in [0.15, 0.2) is 66.4 Å². The lowest BCUT2D eigenvalue weighted by atomic mass is 10.0. The molecule has 0 saturated heterocycles. The van der Waals surface area contributed by atoms with Crippen LogP contribution in [-0.4, -0.2) is 11.8 Å². The number of rotatable bonds is 4. The van der Waals surface area contributed by atoms with E-state index >= 15 is 0 Å². The number of hydrogen-bond donors (Lipinski definition) is 1. The van der Waals surface area contributed by atoms with Gasteiger partial charge in [0.2, 0.25) is 0 Å². The highest BCUT2D eigenvalue weighted by Gasteiger charge is 2.41. The molecule has 0 unspecified atom stereocenters. The van der Waals surface area contributed by atoms with Crippen molar-refractivity contribution in [2.75, 3.05) is 10.2 Å². The summed E-state index contributed by atoms with van der Waals surface area (Å²) in [5.74, 6) is -4.09. The van der Waals surface area contributed by atoms with E-state index in [0.717, 1.165) is 24.3 Å². The standard InChI is InChI=1S/C23H14ClF3N2O2/c1-12-10-14(24)4-8-18(12)28-21-20(13-2-5-15(25)6-3-13)22(30)29(23(21)31)19-9-7-16(26)11-17(19)27/h2-11,28H,1H3. The molecule has 4 nitrogen and oxygen atoms in total. The molecule has 1 aliphatic heterocycles. The van der Waals surface area contributed by atoms with Gasteiger partial charge in [0.05, 0.1) is 11.3 Å². The molecule has 0 aromatic heterocycles. The van der Waals surface area contributed by atoms with E-state index in [2.05, 4.69) is 5.32 Å². The summed E-state index contributed by atoms with van der Waals surface area (Å²) >= 11 is 5.98. The number of hydrogen-bond acceptors (Lipinski definition) is 3. The van der Waals surface area contributed by atoms with E-state index in [0.29, 0.717) is 27.2 Å². The van der Waals surface area contributed by atoms with Crippen molar-refractivity contribution in [3.63, 3.8) is 0 Å². The minimum absolute atomic E-state index is 0.0666. The fourth-order valence-corrected chi connectivity index (χ4v) is 3.54. The lowest BCUT2D eigenvalue weighted by Gasteiger charge is -2.16. The van der Waals surface area contributed by atoms with Crippen LogP contribution in [-0.2, 0) is 9.59 Å². The molecule has 31 heavy (non-hydrogen) atoms. The average molecular weight is 443 g/mol. The maximum Gasteiger partial charge on any atom is 0.282 e. The van der Waals surface area contributed by atoms with Gasteiger partial charge in [-0.3, -0.25) is 9.59 Å². The highest BCUT2D eigenvalue weighted by atomic mass is 35.5. The highest BCUT2D eigenvalue weighted by molar-refractivity contribution is 6.46. The molecule has 0 bridgehead atoms. The van der Waals surface area contributed by atoms with Gasteiger partial charge in [-0.25, -0.2) is 18.1 Å². The molecule has 0 saturated carbocycles. The van der Waals surface area contributed by atoms with Gasteiger partial charge < -0.3 is 5.32 Å². The summed E-state index contributed by atoms with van der Waals surface area (Å²) < 4.78 is 41.2. The van der Waals surface area contributed by atoms with E-state index < -0.39 is 29.3 Å². The summed E-state index contributed by atoms with van der Waals surface area (Å²) in [6.07, 6.45) is 0. The van der Waals surface area contributed by atoms with Crippen molar-refractivity contribution in [2.45, 2.75) is 6.92 Å². The van der Waals surface area contributed by atoms with Gasteiger partial charge in [-0.2, -0.15) is 0 Å². The first-order chi connectivity index (χ1) is 14.8. The van der Waals surface area contributed by atoms with E-state index in [1.165, 1.54) is 12.1 Å². The van der Waals surface area contributed by atoms with E-state index in [1.54, 1.807) is 25.1 Å².